The smallest absolute Gasteiger partial charge is 0.298 e. The quantitative estimate of drug-likeness (QED) is 0.0425. The zero-order valence-corrected chi connectivity index (χ0v) is 32.8. The van der Waals surface area contributed by atoms with Crippen molar-refractivity contribution in [3.63, 3.8) is 0 Å². The highest BCUT2D eigenvalue weighted by atomic mass is 32.2. The van der Waals surface area contributed by atoms with Crippen molar-refractivity contribution in [2.75, 3.05) is 26.4 Å². The minimum Gasteiger partial charge on any atom is -0.508 e. The van der Waals surface area contributed by atoms with Crippen molar-refractivity contribution in [1.29, 1.82) is 0 Å². The average Bonchev–Trinajstić information content (AvgIpc) is 3.96. The van der Waals surface area contributed by atoms with Gasteiger partial charge in [0.25, 0.3) is 20.2 Å². The fourth-order valence-electron chi connectivity index (χ4n) is 7.20. The summed E-state index contributed by atoms with van der Waals surface area (Å²) >= 11 is 0. The molecular formula is C43H34O15S2. The van der Waals surface area contributed by atoms with Crippen molar-refractivity contribution in [3.8, 4) is 34.1 Å². The van der Waals surface area contributed by atoms with Gasteiger partial charge >= 0.3 is 0 Å². The van der Waals surface area contributed by atoms with Crippen LogP contribution in [0, 0.1) is 0 Å². The van der Waals surface area contributed by atoms with Gasteiger partial charge in [0.2, 0.25) is 11.6 Å². The summed E-state index contributed by atoms with van der Waals surface area (Å²) in [6.45, 7) is 1.19. The summed E-state index contributed by atoms with van der Waals surface area (Å²) in [6, 6.07) is 32.5. The van der Waals surface area contributed by atoms with Crippen LogP contribution in [0.2, 0.25) is 0 Å². The van der Waals surface area contributed by atoms with E-state index in [4.69, 9.17) is 28.9 Å². The molecule has 60 heavy (non-hydrogen) atoms. The fraction of sp³-hybridized carbons (Fsp3) is 0.140. The number of benzene rings is 6. The zero-order chi connectivity index (χ0) is 42.3. The van der Waals surface area contributed by atoms with Crippen molar-refractivity contribution < 1.29 is 69.7 Å². The summed E-state index contributed by atoms with van der Waals surface area (Å²) in [7, 11) is -9.90. The van der Waals surface area contributed by atoms with E-state index in [1.807, 2.05) is 0 Å². The summed E-state index contributed by atoms with van der Waals surface area (Å²) in [5.74, 6) is -3.28. The lowest BCUT2D eigenvalue weighted by atomic mass is 9.94. The molecule has 2 aliphatic heterocycles. The van der Waals surface area contributed by atoms with Gasteiger partial charge in [-0.3, -0.25) is 13.9 Å². The lowest BCUT2D eigenvalue weighted by Crippen LogP contribution is -2.28. The lowest BCUT2D eigenvalue weighted by molar-refractivity contribution is -0.138. The number of carbonyl (C=O) groups is 1. The van der Waals surface area contributed by atoms with Crippen molar-refractivity contribution in [3.05, 3.63) is 167 Å². The molecule has 0 atom stereocenters. The van der Waals surface area contributed by atoms with E-state index in [9.17, 15) is 35.8 Å². The molecule has 0 aliphatic carbocycles. The first-order chi connectivity index (χ1) is 28.7. The third-order valence-corrected chi connectivity index (χ3v) is 11.8. The standard InChI is InChI=1S/C43H34O15S2/c44-34-13-7-31(8-14-34)42(53-21-22-54-42)30-5-1-27(2-6-30)37-19-3-28(25-39(37)59(47,48)49)41(45)29-4-20-38(40(26-29)60(50,51)52)57-35-15-9-32(10-16-35)43(55-23-24-56-43)33-11-17-36(58-46)18-12-33/h1-20,25-26,44,46H,21-24H2,(H,47,48,49)(H,50,51,52). The zero-order valence-electron chi connectivity index (χ0n) is 31.1. The number of ketones is 1. The molecule has 17 heteroatoms. The van der Waals surface area contributed by atoms with Gasteiger partial charge in [-0.25, -0.2) is 5.26 Å². The van der Waals surface area contributed by atoms with Crippen LogP contribution in [0.5, 0.6) is 23.0 Å². The van der Waals surface area contributed by atoms with Crippen LogP contribution in [0.1, 0.15) is 38.2 Å². The van der Waals surface area contributed by atoms with Crippen LogP contribution in [-0.4, -0.2) is 68.5 Å². The second-order valence-corrected chi connectivity index (χ2v) is 16.4. The third kappa shape index (κ3) is 7.77. The van der Waals surface area contributed by atoms with E-state index >= 15 is 0 Å². The predicted molar refractivity (Wildman–Crippen MR) is 211 cm³/mol. The van der Waals surface area contributed by atoms with Crippen LogP contribution in [-0.2, 0) is 50.8 Å². The topological polar surface area (TPSA) is 222 Å². The van der Waals surface area contributed by atoms with Gasteiger partial charge in [-0.1, -0.05) is 36.4 Å². The molecule has 15 nitrogen and oxygen atoms in total. The van der Waals surface area contributed by atoms with Gasteiger partial charge < -0.3 is 33.7 Å². The van der Waals surface area contributed by atoms with Crippen LogP contribution in [0.25, 0.3) is 11.1 Å². The fourth-order valence-corrected chi connectivity index (χ4v) is 8.58. The Kier molecular flexibility index (Phi) is 10.8. The molecule has 308 valence electrons. The van der Waals surface area contributed by atoms with Crippen molar-refractivity contribution in [2.24, 2.45) is 0 Å². The molecule has 6 aromatic carbocycles. The summed E-state index contributed by atoms with van der Waals surface area (Å²) in [5, 5.41) is 18.7. The molecule has 0 unspecified atom stereocenters. The average molecular weight is 855 g/mol. The molecule has 0 amide bonds. The Hall–Kier alpha value is -5.99. The van der Waals surface area contributed by atoms with E-state index < -0.39 is 47.4 Å². The molecule has 6 aromatic rings. The van der Waals surface area contributed by atoms with Crippen molar-refractivity contribution in [1.82, 2.24) is 0 Å². The predicted octanol–water partition coefficient (Wildman–Crippen LogP) is 6.92. The number of hydrogen-bond donors (Lipinski definition) is 4. The molecule has 2 saturated heterocycles. The van der Waals surface area contributed by atoms with E-state index in [1.165, 1.54) is 60.7 Å². The Bertz CT molecular complexity index is 2780. The third-order valence-electron chi connectivity index (χ3n) is 10.0. The first-order valence-corrected chi connectivity index (χ1v) is 21.0. The van der Waals surface area contributed by atoms with Crippen LogP contribution in [0.4, 0.5) is 0 Å². The van der Waals surface area contributed by atoms with Gasteiger partial charge in [0.15, 0.2) is 11.5 Å². The molecule has 0 bridgehead atoms. The summed E-state index contributed by atoms with van der Waals surface area (Å²) in [5.41, 5.74) is 2.35. The molecule has 2 fully saturated rings. The first kappa shape index (κ1) is 40.8. The monoisotopic (exact) mass is 854 g/mol. The van der Waals surface area contributed by atoms with Gasteiger partial charge in [-0.15, -0.1) is 0 Å². The Balaban J connectivity index is 1.06. The molecule has 8 rings (SSSR count). The Morgan fingerprint density at radius 3 is 1.42 bits per heavy atom. The van der Waals surface area contributed by atoms with Crippen LogP contribution < -0.4 is 9.62 Å². The SMILES string of the molecule is O=C(c1ccc(Oc2ccc(C3(c4ccc(OO)cc4)OCCO3)cc2)c(S(=O)(=O)O)c1)c1ccc(-c2ccc(C3(c4ccc(O)cc4)OCCO3)cc2)c(S(=O)(=O)O)c1. The molecule has 2 heterocycles. The van der Waals surface area contributed by atoms with E-state index in [-0.39, 0.29) is 39.7 Å². The van der Waals surface area contributed by atoms with Gasteiger partial charge in [0.05, 0.1) is 26.4 Å². The van der Waals surface area contributed by atoms with Gasteiger partial charge in [0, 0.05) is 38.9 Å². The number of rotatable bonds is 12. The van der Waals surface area contributed by atoms with Crippen molar-refractivity contribution >= 4 is 26.0 Å². The van der Waals surface area contributed by atoms with E-state index in [0.29, 0.717) is 54.2 Å². The minimum atomic E-state index is -4.98. The molecule has 0 spiro atoms. The molecular weight excluding hydrogens is 821 g/mol. The van der Waals surface area contributed by atoms with Crippen molar-refractivity contribution in [2.45, 2.75) is 21.4 Å². The highest BCUT2D eigenvalue weighted by Gasteiger charge is 2.42. The number of phenols is 1. The number of aromatic hydroxyl groups is 1. The Morgan fingerprint density at radius 1 is 0.533 bits per heavy atom. The number of carbonyl (C=O) groups excluding carboxylic acids is 1. The van der Waals surface area contributed by atoms with Gasteiger partial charge in [-0.2, -0.15) is 16.8 Å². The maximum absolute atomic E-state index is 13.8. The molecule has 0 saturated carbocycles. The molecule has 0 aromatic heterocycles. The largest absolute Gasteiger partial charge is 0.508 e. The second kappa shape index (κ2) is 15.9. The number of ether oxygens (including phenoxy) is 5. The van der Waals surface area contributed by atoms with Gasteiger partial charge in [0.1, 0.15) is 27.0 Å². The minimum absolute atomic E-state index is 0.0610. The lowest BCUT2D eigenvalue weighted by Gasteiger charge is -2.28. The highest BCUT2D eigenvalue weighted by Crippen LogP contribution is 2.42. The second-order valence-electron chi connectivity index (χ2n) is 13.6. The summed E-state index contributed by atoms with van der Waals surface area (Å²) in [4.78, 5) is 16.7. The summed E-state index contributed by atoms with van der Waals surface area (Å²) in [6.07, 6.45) is 0. The van der Waals surface area contributed by atoms with Gasteiger partial charge in [-0.05, 0) is 103 Å². The van der Waals surface area contributed by atoms with E-state index in [1.54, 1.807) is 60.7 Å². The maximum atomic E-state index is 13.8. The van der Waals surface area contributed by atoms with Crippen LogP contribution in [0.3, 0.4) is 0 Å². The number of phenolic OH excluding ortho intramolecular Hbond substituents is 1. The van der Waals surface area contributed by atoms with Crippen LogP contribution in [0.15, 0.2) is 143 Å². The van der Waals surface area contributed by atoms with E-state index in [2.05, 4.69) is 4.89 Å². The number of hydrogen-bond acceptors (Lipinski definition) is 13. The van der Waals surface area contributed by atoms with E-state index in [0.717, 1.165) is 12.1 Å². The first-order valence-electron chi connectivity index (χ1n) is 18.1. The Morgan fingerprint density at radius 2 is 0.950 bits per heavy atom. The normalized spacial score (nSPS) is 16.1. The maximum Gasteiger partial charge on any atom is 0.298 e. The molecule has 4 N–H and O–H groups in total. The highest BCUT2D eigenvalue weighted by molar-refractivity contribution is 7.86. The summed E-state index contributed by atoms with van der Waals surface area (Å²) < 4.78 is 101. The Labute approximate surface area is 343 Å². The molecule has 2 aliphatic rings. The van der Waals surface area contributed by atoms with Crippen LogP contribution >= 0.6 is 0 Å². The molecule has 0 radical (unpaired) electrons.